The molecule has 0 amide bonds. The van der Waals surface area contributed by atoms with Crippen molar-refractivity contribution in [3.8, 4) is 17.1 Å². The molecule has 0 saturated carbocycles. The van der Waals surface area contributed by atoms with Crippen LogP contribution in [-0.2, 0) is 12.5 Å². The lowest BCUT2D eigenvalue weighted by atomic mass is 9.86. The molecule has 2 aromatic heterocycles. The highest BCUT2D eigenvalue weighted by Crippen LogP contribution is 2.40. The second-order valence-corrected chi connectivity index (χ2v) is 8.73. The number of aryl methyl sites for hydroxylation is 1. The molecule has 0 aliphatic carbocycles. The summed E-state index contributed by atoms with van der Waals surface area (Å²) < 4.78 is 36.1. The predicted molar refractivity (Wildman–Crippen MR) is 129 cm³/mol. The fraction of sp³-hybridized carbons (Fsp3) is 0.346. The van der Waals surface area contributed by atoms with Gasteiger partial charge in [-0.2, -0.15) is 5.10 Å². The molecule has 0 radical (unpaired) electrons. The Bertz CT molecular complexity index is 1220. The highest BCUT2D eigenvalue weighted by molar-refractivity contribution is 5.65. The first-order chi connectivity index (χ1) is 16.2. The van der Waals surface area contributed by atoms with Crippen LogP contribution in [-0.4, -0.2) is 26.9 Å². The van der Waals surface area contributed by atoms with Crippen molar-refractivity contribution in [2.45, 2.75) is 52.0 Å². The van der Waals surface area contributed by atoms with E-state index >= 15 is 0 Å². The Morgan fingerprint density at radius 3 is 2.74 bits per heavy atom. The van der Waals surface area contributed by atoms with Crippen LogP contribution < -0.4 is 9.64 Å². The summed E-state index contributed by atoms with van der Waals surface area (Å²) in [5.41, 5.74) is 2.41. The summed E-state index contributed by atoms with van der Waals surface area (Å²) in [4.78, 5) is 11.2. The molecule has 8 heteroatoms. The lowest BCUT2D eigenvalue weighted by Gasteiger charge is -2.26. The summed E-state index contributed by atoms with van der Waals surface area (Å²) in [6.45, 7) is 9.46. The van der Waals surface area contributed by atoms with Gasteiger partial charge in [0.05, 0.1) is 7.11 Å². The summed E-state index contributed by atoms with van der Waals surface area (Å²) in [6, 6.07) is 8.55. The number of ether oxygens (including phenoxy) is 1. The first kappa shape index (κ1) is 23.6. The second kappa shape index (κ2) is 9.37. The van der Waals surface area contributed by atoms with Gasteiger partial charge in [0.2, 0.25) is 0 Å². The first-order valence-electron chi connectivity index (χ1n) is 11.2. The Balaban J connectivity index is 1.75. The van der Waals surface area contributed by atoms with Crippen LogP contribution in [0.2, 0.25) is 0 Å². The van der Waals surface area contributed by atoms with E-state index in [-0.39, 0.29) is 11.5 Å². The van der Waals surface area contributed by atoms with E-state index in [1.54, 1.807) is 42.6 Å². The third-order valence-corrected chi connectivity index (χ3v) is 5.83. The monoisotopic (exact) mass is 465 g/mol. The average molecular weight is 466 g/mol. The Morgan fingerprint density at radius 2 is 2.06 bits per heavy atom. The van der Waals surface area contributed by atoms with Crippen molar-refractivity contribution in [1.29, 1.82) is 0 Å². The van der Waals surface area contributed by atoms with Gasteiger partial charge in [-0.05, 0) is 38.3 Å². The average Bonchev–Trinajstić information content (AvgIpc) is 3.26. The van der Waals surface area contributed by atoms with E-state index in [9.17, 15) is 8.78 Å². The number of benzene rings is 1. The topological polar surface area (TPSA) is 56.1 Å². The summed E-state index contributed by atoms with van der Waals surface area (Å²) in [6.07, 6.45) is 6.84. The Hall–Kier alpha value is -3.55. The largest absolute Gasteiger partial charge is 0.493 e. The van der Waals surface area contributed by atoms with Crippen molar-refractivity contribution in [3.63, 3.8) is 0 Å². The number of halogens is 2. The van der Waals surface area contributed by atoms with Gasteiger partial charge in [-0.3, -0.25) is 0 Å². The fourth-order valence-corrected chi connectivity index (χ4v) is 4.35. The number of hydrogen-bond acceptors (Lipinski definition) is 5. The van der Waals surface area contributed by atoms with Crippen molar-refractivity contribution < 1.29 is 13.5 Å². The molecule has 3 heterocycles. The van der Waals surface area contributed by atoms with E-state index in [1.807, 2.05) is 30.8 Å². The van der Waals surface area contributed by atoms with E-state index in [4.69, 9.17) is 9.72 Å². The number of methoxy groups -OCH3 is 1. The molecule has 1 aliphatic rings. The zero-order valence-corrected chi connectivity index (χ0v) is 19.9. The normalized spacial score (nSPS) is 15.4. The van der Waals surface area contributed by atoms with E-state index in [2.05, 4.69) is 16.7 Å². The van der Waals surface area contributed by atoms with Crippen LogP contribution in [0.25, 0.3) is 11.4 Å². The molecule has 178 valence electrons. The maximum absolute atomic E-state index is 14.3. The molecule has 4 rings (SSSR count). The highest BCUT2D eigenvalue weighted by atomic mass is 19.3. The lowest BCUT2D eigenvalue weighted by molar-refractivity contribution is 0.0162. The molecule has 1 aromatic carbocycles. The van der Waals surface area contributed by atoms with Crippen molar-refractivity contribution >= 4 is 5.82 Å². The summed E-state index contributed by atoms with van der Waals surface area (Å²) in [7, 11) is 1.58. The van der Waals surface area contributed by atoms with Crippen LogP contribution >= 0.6 is 0 Å². The predicted octanol–water partition coefficient (Wildman–Crippen LogP) is 6.26. The van der Waals surface area contributed by atoms with Gasteiger partial charge in [-0.1, -0.05) is 36.4 Å². The molecule has 0 fully saturated rings. The number of anilines is 1. The van der Waals surface area contributed by atoms with Gasteiger partial charge in [0.25, 0.3) is 5.92 Å². The van der Waals surface area contributed by atoms with Gasteiger partial charge >= 0.3 is 0 Å². The number of rotatable bonds is 7. The molecular weight excluding hydrogens is 436 g/mol. The maximum Gasteiger partial charge on any atom is 0.270 e. The van der Waals surface area contributed by atoms with E-state index in [0.717, 1.165) is 25.3 Å². The summed E-state index contributed by atoms with van der Waals surface area (Å²) in [5, 5.41) is 4.68. The molecule has 0 unspecified atom stereocenters. The molecule has 1 atom stereocenters. The summed E-state index contributed by atoms with van der Waals surface area (Å²) >= 11 is 0. The number of nitrogens with zero attached hydrogens (tertiary/aromatic N) is 5. The number of alkyl halides is 2. The summed E-state index contributed by atoms with van der Waals surface area (Å²) in [5.74, 6) is -0.846. The van der Waals surface area contributed by atoms with Crippen molar-refractivity contribution in [3.05, 3.63) is 78.0 Å². The zero-order chi connectivity index (χ0) is 24.5. The molecule has 6 nitrogen and oxygen atoms in total. The standard InChI is InChI=1S/C26H29F2N5O/c1-6-32(16-17(2)3)25-22(34-5)14-18(15-29-25)23-30-24-20(11-9-13-33(24)31-23)19-10-7-8-12-21(19)26(4,27)28/h6-8,10,12,14-16,20H,1,9,11,13H2,2-5H3/t20-/m1/s1. The second-order valence-electron chi connectivity index (χ2n) is 8.73. The van der Waals surface area contributed by atoms with Gasteiger partial charge < -0.3 is 9.64 Å². The molecule has 34 heavy (non-hydrogen) atoms. The van der Waals surface area contributed by atoms with Gasteiger partial charge in [-0.15, -0.1) is 0 Å². The molecule has 1 aliphatic heterocycles. The molecular formula is C26H29F2N5O. The number of hydrogen-bond donors (Lipinski definition) is 0. The van der Waals surface area contributed by atoms with Gasteiger partial charge in [0.15, 0.2) is 17.4 Å². The molecule has 0 spiro atoms. The Kier molecular flexibility index (Phi) is 6.50. The first-order valence-corrected chi connectivity index (χ1v) is 11.2. The maximum atomic E-state index is 14.3. The Morgan fingerprint density at radius 1 is 1.29 bits per heavy atom. The van der Waals surface area contributed by atoms with Crippen LogP contribution in [0.5, 0.6) is 5.75 Å². The van der Waals surface area contributed by atoms with Crippen LogP contribution in [0.3, 0.4) is 0 Å². The zero-order valence-electron chi connectivity index (χ0n) is 19.9. The highest BCUT2D eigenvalue weighted by Gasteiger charge is 2.34. The number of pyridine rings is 1. The molecule has 3 aromatic rings. The van der Waals surface area contributed by atoms with Crippen molar-refractivity contribution in [2.24, 2.45) is 0 Å². The number of allylic oxidation sites excluding steroid dienone is 1. The number of aromatic nitrogens is 4. The van der Waals surface area contributed by atoms with Crippen LogP contribution in [0.1, 0.15) is 56.5 Å². The minimum absolute atomic E-state index is 0.0366. The van der Waals surface area contributed by atoms with Crippen LogP contribution in [0.15, 0.2) is 61.1 Å². The van der Waals surface area contributed by atoms with Gasteiger partial charge in [0, 0.05) is 49.1 Å². The molecule has 0 saturated heterocycles. The van der Waals surface area contributed by atoms with Crippen LogP contribution in [0, 0.1) is 0 Å². The third-order valence-electron chi connectivity index (χ3n) is 5.83. The van der Waals surface area contributed by atoms with Crippen molar-refractivity contribution in [1.82, 2.24) is 19.7 Å². The lowest BCUT2D eigenvalue weighted by Crippen LogP contribution is -2.21. The van der Waals surface area contributed by atoms with Gasteiger partial charge in [0.1, 0.15) is 5.82 Å². The SMILES string of the molecule is C=CN(C=C(C)C)c1ncc(-c2nc3n(n2)CCC[C@@H]3c2ccccc2C(C)(F)F)cc1OC. The third kappa shape index (κ3) is 4.58. The van der Waals surface area contributed by atoms with E-state index in [0.29, 0.717) is 40.9 Å². The smallest absolute Gasteiger partial charge is 0.270 e. The molecule has 0 N–H and O–H groups in total. The van der Waals surface area contributed by atoms with Crippen LogP contribution in [0.4, 0.5) is 14.6 Å². The molecule has 0 bridgehead atoms. The minimum Gasteiger partial charge on any atom is -0.493 e. The van der Waals surface area contributed by atoms with E-state index < -0.39 is 5.92 Å². The van der Waals surface area contributed by atoms with Crippen molar-refractivity contribution in [2.75, 3.05) is 12.0 Å². The van der Waals surface area contributed by atoms with Gasteiger partial charge in [-0.25, -0.2) is 23.4 Å². The number of fused-ring (bicyclic) bond motifs is 1. The quantitative estimate of drug-likeness (QED) is 0.412. The Labute approximate surface area is 198 Å². The van der Waals surface area contributed by atoms with E-state index in [1.165, 1.54) is 6.07 Å². The fourth-order valence-electron chi connectivity index (χ4n) is 4.35. The minimum atomic E-state index is -2.93.